The van der Waals surface area contributed by atoms with Gasteiger partial charge in [-0.15, -0.1) is 0 Å². The molecule has 0 unspecified atom stereocenters. The highest BCUT2D eigenvalue weighted by atomic mass is 16.3. The third-order valence-corrected chi connectivity index (χ3v) is 4.20. The lowest BCUT2D eigenvalue weighted by molar-refractivity contribution is 0.153. The van der Waals surface area contributed by atoms with Crippen LogP contribution in [0.2, 0.25) is 0 Å². The average Bonchev–Trinajstić information content (AvgIpc) is 2.37. The van der Waals surface area contributed by atoms with Crippen LogP contribution in [0.15, 0.2) is 12.1 Å². The van der Waals surface area contributed by atoms with Crippen molar-refractivity contribution in [2.45, 2.75) is 40.2 Å². The van der Waals surface area contributed by atoms with Gasteiger partial charge >= 0.3 is 0 Å². The molecule has 1 heterocycles. The second-order valence-corrected chi connectivity index (χ2v) is 6.42. The second-order valence-electron chi connectivity index (χ2n) is 6.42. The molecule has 1 atom stereocenters. The number of rotatable bonds is 4. The molecule has 0 amide bonds. The molecule has 20 heavy (non-hydrogen) atoms. The topological polar surface area (TPSA) is 35.5 Å². The lowest BCUT2D eigenvalue weighted by Crippen LogP contribution is -2.45. The average molecular weight is 276 g/mol. The molecule has 0 spiro atoms. The van der Waals surface area contributed by atoms with Crippen molar-refractivity contribution in [1.82, 2.24) is 10.2 Å². The van der Waals surface area contributed by atoms with Gasteiger partial charge in [0.25, 0.3) is 0 Å². The van der Waals surface area contributed by atoms with Crippen molar-refractivity contribution in [2.75, 3.05) is 26.2 Å². The lowest BCUT2D eigenvalue weighted by Gasteiger charge is -2.37. The molecule has 1 aromatic carbocycles. The molecular formula is C17H28N2O. The van der Waals surface area contributed by atoms with Crippen molar-refractivity contribution in [3.05, 3.63) is 28.8 Å². The molecule has 2 N–H and O–H groups in total. The maximum atomic E-state index is 9.77. The minimum absolute atomic E-state index is 0.382. The summed E-state index contributed by atoms with van der Waals surface area (Å²) in [6, 6.07) is 4.27. The van der Waals surface area contributed by atoms with Crippen LogP contribution >= 0.6 is 0 Å². The summed E-state index contributed by atoms with van der Waals surface area (Å²) in [7, 11) is 0. The molecule has 0 saturated carbocycles. The Hall–Kier alpha value is -1.06. The molecule has 0 bridgehead atoms. The number of nitrogens with zero attached hydrogens (tertiary/aromatic N) is 1. The van der Waals surface area contributed by atoms with Gasteiger partial charge in [0.15, 0.2) is 0 Å². The summed E-state index contributed by atoms with van der Waals surface area (Å²) < 4.78 is 0. The predicted molar refractivity (Wildman–Crippen MR) is 84.2 cm³/mol. The Morgan fingerprint density at radius 1 is 1.15 bits per heavy atom. The summed E-state index contributed by atoms with van der Waals surface area (Å²) in [6.45, 7) is 13.2. The number of hydrogen-bond acceptors (Lipinski definition) is 3. The summed E-state index contributed by atoms with van der Waals surface area (Å²) in [5, 5.41) is 13.2. The monoisotopic (exact) mass is 276 g/mol. The molecular weight excluding hydrogens is 248 g/mol. The van der Waals surface area contributed by atoms with Crippen LogP contribution < -0.4 is 5.32 Å². The maximum Gasteiger partial charge on any atom is 0.116 e. The van der Waals surface area contributed by atoms with E-state index in [1.165, 1.54) is 23.1 Å². The SMILES string of the molecule is Cc1cc(O)cc(C)c1[C@@H](CC(C)C)N1CCNCC1. The zero-order valence-electron chi connectivity index (χ0n) is 13.2. The first kappa shape index (κ1) is 15.3. The van der Waals surface area contributed by atoms with Crippen LogP contribution in [0.1, 0.15) is 43.0 Å². The highest BCUT2D eigenvalue weighted by Crippen LogP contribution is 2.34. The Labute approximate surface area is 123 Å². The Balaban J connectivity index is 2.35. The van der Waals surface area contributed by atoms with Gasteiger partial charge in [-0.3, -0.25) is 4.90 Å². The van der Waals surface area contributed by atoms with Gasteiger partial charge in [-0.2, -0.15) is 0 Å². The van der Waals surface area contributed by atoms with Crippen LogP contribution in [0.25, 0.3) is 0 Å². The van der Waals surface area contributed by atoms with Gasteiger partial charge in [0, 0.05) is 32.2 Å². The van der Waals surface area contributed by atoms with E-state index in [1.807, 2.05) is 12.1 Å². The molecule has 2 rings (SSSR count). The Morgan fingerprint density at radius 2 is 1.70 bits per heavy atom. The first-order valence-corrected chi connectivity index (χ1v) is 7.74. The van der Waals surface area contributed by atoms with E-state index in [-0.39, 0.29) is 0 Å². The van der Waals surface area contributed by atoms with E-state index in [1.54, 1.807) is 0 Å². The van der Waals surface area contributed by atoms with E-state index < -0.39 is 0 Å². The van der Waals surface area contributed by atoms with Gasteiger partial charge in [-0.1, -0.05) is 13.8 Å². The fraction of sp³-hybridized carbons (Fsp3) is 0.647. The van der Waals surface area contributed by atoms with Crippen LogP contribution in [0.4, 0.5) is 0 Å². The number of hydrogen-bond donors (Lipinski definition) is 2. The standard InChI is InChI=1S/C17H28N2O/c1-12(2)9-16(19-7-5-18-6-8-19)17-13(3)10-15(20)11-14(17)4/h10-12,16,18,20H,5-9H2,1-4H3/t16-/m1/s1. The molecule has 1 aliphatic rings. The van der Waals surface area contributed by atoms with Gasteiger partial charge < -0.3 is 10.4 Å². The van der Waals surface area contributed by atoms with Gasteiger partial charge in [-0.05, 0) is 55.0 Å². The third kappa shape index (κ3) is 3.53. The van der Waals surface area contributed by atoms with E-state index in [2.05, 4.69) is 37.9 Å². The zero-order valence-corrected chi connectivity index (χ0v) is 13.2. The summed E-state index contributed by atoms with van der Waals surface area (Å²) >= 11 is 0. The number of phenolic OH excluding ortho intramolecular Hbond substituents is 1. The molecule has 3 nitrogen and oxygen atoms in total. The Kier molecular flexibility index (Phi) is 5.06. The highest BCUT2D eigenvalue weighted by Gasteiger charge is 2.25. The number of piperazine rings is 1. The van der Waals surface area contributed by atoms with Crippen molar-refractivity contribution >= 4 is 0 Å². The molecule has 3 heteroatoms. The first-order valence-electron chi connectivity index (χ1n) is 7.74. The molecule has 1 fully saturated rings. The normalized spacial score (nSPS) is 18.4. The van der Waals surface area contributed by atoms with Crippen molar-refractivity contribution in [2.24, 2.45) is 5.92 Å². The lowest BCUT2D eigenvalue weighted by atomic mass is 9.89. The number of nitrogens with one attached hydrogen (secondary N) is 1. The van der Waals surface area contributed by atoms with E-state index >= 15 is 0 Å². The summed E-state index contributed by atoms with van der Waals surface area (Å²) in [5.74, 6) is 1.05. The van der Waals surface area contributed by atoms with E-state index in [9.17, 15) is 5.11 Å². The van der Waals surface area contributed by atoms with Crippen molar-refractivity contribution in [3.63, 3.8) is 0 Å². The van der Waals surface area contributed by atoms with E-state index in [4.69, 9.17) is 0 Å². The van der Waals surface area contributed by atoms with Crippen molar-refractivity contribution < 1.29 is 5.11 Å². The molecule has 1 aromatic rings. The van der Waals surface area contributed by atoms with Crippen LogP contribution in [0, 0.1) is 19.8 Å². The van der Waals surface area contributed by atoms with Crippen molar-refractivity contribution in [1.29, 1.82) is 0 Å². The molecule has 0 aliphatic carbocycles. The fourth-order valence-corrected chi connectivity index (χ4v) is 3.37. The largest absolute Gasteiger partial charge is 0.508 e. The number of phenols is 1. The number of benzene rings is 1. The molecule has 112 valence electrons. The van der Waals surface area contributed by atoms with E-state index in [0.29, 0.717) is 17.7 Å². The Bertz CT molecular complexity index is 427. The highest BCUT2D eigenvalue weighted by molar-refractivity contribution is 5.42. The second kappa shape index (κ2) is 6.59. The quantitative estimate of drug-likeness (QED) is 0.887. The van der Waals surface area contributed by atoms with E-state index in [0.717, 1.165) is 26.2 Å². The summed E-state index contributed by atoms with van der Waals surface area (Å²) in [5.41, 5.74) is 3.84. The van der Waals surface area contributed by atoms with Crippen LogP contribution in [-0.2, 0) is 0 Å². The predicted octanol–water partition coefficient (Wildman–Crippen LogP) is 3.00. The molecule has 0 aromatic heterocycles. The Morgan fingerprint density at radius 3 is 2.20 bits per heavy atom. The number of aromatic hydroxyl groups is 1. The minimum Gasteiger partial charge on any atom is -0.508 e. The fourth-order valence-electron chi connectivity index (χ4n) is 3.37. The molecule has 0 radical (unpaired) electrons. The van der Waals surface area contributed by atoms with Crippen LogP contribution in [-0.4, -0.2) is 36.2 Å². The number of aryl methyl sites for hydroxylation is 2. The summed E-state index contributed by atoms with van der Waals surface area (Å²) in [6.07, 6.45) is 1.17. The van der Waals surface area contributed by atoms with Gasteiger partial charge in [-0.25, -0.2) is 0 Å². The van der Waals surface area contributed by atoms with Crippen molar-refractivity contribution in [3.8, 4) is 5.75 Å². The van der Waals surface area contributed by atoms with Crippen LogP contribution in [0.5, 0.6) is 5.75 Å². The molecule has 1 aliphatic heterocycles. The van der Waals surface area contributed by atoms with Gasteiger partial charge in [0.05, 0.1) is 0 Å². The minimum atomic E-state index is 0.382. The smallest absolute Gasteiger partial charge is 0.116 e. The van der Waals surface area contributed by atoms with Gasteiger partial charge in [0.1, 0.15) is 5.75 Å². The summed E-state index contributed by atoms with van der Waals surface area (Å²) in [4.78, 5) is 2.60. The van der Waals surface area contributed by atoms with Crippen LogP contribution in [0.3, 0.4) is 0 Å². The maximum absolute atomic E-state index is 9.77. The third-order valence-electron chi connectivity index (χ3n) is 4.20. The zero-order chi connectivity index (χ0) is 14.7. The molecule has 1 saturated heterocycles. The van der Waals surface area contributed by atoms with Gasteiger partial charge in [0.2, 0.25) is 0 Å². The first-order chi connectivity index (χ1) is 9.49.